The van der Waals surface area contributed by atoms with Crippen LogP contribution in [-0.2, 0) is 4.79 Å². The number of rotatable bonds is 8. The first kappa shape index (κ1) is 20.0. The molecule has 0 radical (unpaired) electrons. The fourth-order valence-corrected chi connectivity index (χ4v) is 2.42. The van der Waals surface area contributed by atoms with Gasteiger partial charge in [0.15, 0.2) is 11.5 Å². The molecule has 0 heterocycles. The van der Waals surface area contributed by atoms with E-state index in [0.717, 1.165) is 5.56 Å². The minimum absolute atomic E-state index is 0.0149. The van der Waals surface area contributed by atoms with Crippen molar-refractivity contribution in [1.29, 1.82) is 0 Å². The van der Waals surface area contributed by atoms with E-state index >= 15 is 0 Å². The molecule has 0 aliphatic carbocycles. The second-order valence-corrected chi connectivity index (χ2v) is 5.65. The van der Waals surface area contributed by atoms with E-state index in [1.807, 2.05) is 19.9 Å². The third-order valence-electron chi connectivity index (χ3n) is 3.67. The molecule has 0 aromatic heterocycles. The van der Waals surface area contributed by atoms with Gasteiger partial charge in [-0.15, -0.1) is 0 Å². The molecular formula is C20H22N2O5. The number of nitro benzene ring substituents is 1. The number of hydrogen-bond acceptors (Lipinski definition) is 5. The Hall–Kier alpha value is -3.35. The number of carbonyl (C=O) groups is 1. The minimum atomic E-state index is -0.472. The van der Waals surface area contributed by atoms with Gasteiger partial charge in [0, 0.05) is 23.9 Å². The van der Waals surface area contributed by atoms with Gasteiger partial charge in [-0.3, -0.25) is 14.9 Å². The van der Waals surface area contributed by atoms with Crippen LogP contribution < -0.4 is 14.8 Å². The van der Waals surface area contributed by atoms with Gasteiger partial charge in [0.1, 0.15) is 0 Å². The van der Waals surface area contributed by atoms with Gasteiger partial charge < -0.3 is 14.8 Å². The molecule has 142 valence electrons. The van der Waals surface area contributed by atoms with Crippen LogP contribution in [0.2, 0.25) is 0 Å². The fraction of sp³-hybridized carbons (Fsp3) is 0.250. The van der Waals surface area contributed by atoms with Crippen molar-refractivity contribution in [3.05, 3.63) is 63.7 Å². The van der Waals surface area contributed by atoms with Crippen molar-refractivity contribution >= 4 is 23.4 Å². The first-order chi connectivity index (χ1) is 12.9. The highest BCUT2D eigenvalue weighted by Gasteiger charge is 2.09. The van der Waals surface area contributed by atoms with Gasteiger partial charge in [-0.2, -0.15) is 0 Å². The molecule has 0 saturated heterocycles. The Morgan fingerprint density at radius 2 is 1.81 bits per heavy atom. The topological polar surface area (TPSA) is 90.7 Å². The molecule has 27 heavy (non-hydrogen) atoms. The second kappa shape index (κ2) is 9.38. The van der Waals surface area contributed by atoms with Crippen LogP contribution in [0.5, 0.6) is 11.5 Å². The summed E-state index contributed by atoms with van der Waals surface area (Å²) in [5.41, 5.74) is 1.92. The van der Waals surface area contributed by atoms with Gasteiger partial charge in [-0.1, -0.05) is 6.07 Å². The summed E-state index contributed by atoms with van der Waals surface area (Å²) in [6.07, 6.45) is 3.06. The van der Waals surface area contributed by atoms with Gasteiger partial charge in [-0.25, -0.2) is 0 Å². The summed E-state index contributed by atoms with van der Waals surface area (Å²) in [6.45, 7) is 6.53. The number of amides is 1. The molecule has 0 aliphatic rings. The van der Waals surface area contributed by atoms with E-state index in [4.69, 9.17) is 9.47 Å². The van der Waals surface area contributed by atoms with E-state index in [1.165, 1.54) is 24.3 Å². The van der Waals surface area contributed by atoms with Crippen LogP contribution >= 0.6 is 0 Å². The van der Waals surface area contributed by atoms with Crippen LogP contribution in [0.4, 0.5) is 11.4 Å². The zero-order valence-corrected chi connectivity index (χ0v) is 15.5. The number of carbonyl (C=O) groups excluding carboxylic acids is 1. The summed E-state index contributed by atoms with van der Waals surface area (Å²) < 4.78 is 11.1. The quantitative estimate of drug-likeness (QED) is 0.424. The van der Waals surface area contributed by atoms with Crippen molar-refractivity contribution in [2.45, 2.75) is 20.8 Å². The van der Waals surface area contributed by atoms with Gasteiger partial charge in [0.25, 0.3) is 5.69 Å². The predicted octanol–water partition coefficient (Wildman–Crippen LogP) is 4.35. The van der Waals surface area contributed by atoms with E-state index in [0.29, 0.717) is 36.0 Å². The normalized spacial score (nSPS) is 10.6. The first-order valence-corrected chi connectivity index (χ1v) is 8.58. The van der Waals surface area contributed by atoms with Crippen molar-refractivity contribution in [3.63, 3.8) is 0 Å². The van der Waals surface area contributed by atoms with Crippen LogP contribution in [0.1, 0.15) is 25.0 Å². The highest BCUT2D eigenvalue weighted by atomic mass is 16.6. The number of nitrogens with one attached hydrogen (secondary N) is 1. The summed E-state index contributed by atoms with van der Waals surface area (Å²) in [5.74, 6) is 0.939. The average molecular weight is 370 g/mol. The maximum Gasteiger partial charge on any atom is 0.269 e. The third-order valence-corrected chi connectivity index (χ3v) is 3.67. The number of ether oxygens (including phenoxy) is 2. The standard InChI is InChI=1S/C20H22N2O5/c1-4-26-18-10-6-15(13-19(18)27-5-2)7-11-20(23)21-17-9-8-16(22(24)25)12-14(17)3/h6-13H,4-5H2,1-3H3,(H,21,23)/b11-7+. The highest BCUT2D eigenvalue weighted by molar-refractivity contribution is 6.02. The Bertz CT molecular complexity index is 861. The number of nitro groups is 1. The van der Waals surface area contributed by atoms with Gasteiger partial charge in [0.05, 0.1) is 18.1 Å². The smallest absolute Gasteiger partial charge is 0.269 e. The molecule has 0 spiro atoms. The summed E-state index contributed by atoms with van der Waals surface area (Å²) >= 11 is 0. The predicted molar refractivity (Wildman–Crippen MR) is 104 cm³/mol. The molecule has 1 N–H and O–H groups in total. The monoisotopic (exact) mass is 370 g/mol. The van der Waals surface area contributed by atoms with Crippen molar-refractivity contribution in [1.82, 2.24) is 0 Å². The SMILES string of the molecule is CCOc1ccc(/C=C/C(=O)Nc2ccc([N+](=O)[O-])cc2C)cc1OCC. The number of anilines is 1. The lowest BCUT2D eigenvalue weighted by Gasteiger charge is -2.11. The van der Waals surface area contributed by atoms with Crippen LogP contribution in [0.3, 0.4) is 0 Å². The fourth-order valence-electron chi connectivity index (χ4n) is 2.42. The lowest BCUT2D eigenvalue weighted by atomic mass is 10.1. The molecule has 2 aromatic rings. The average Bonchev–Trinajstić information content (AvgIpc) is 2.63. The number of non-ortho nitro benzene ring substituents is 1. The Morgan fingerprint density at radius 3 is 2.44 bits per heavy atom. The van der Waals surface area contributed by atoms with Crippen molar-refractivity contribution in [2.75, 3.05) is 18.5 Å². The molecule has 7 nitrogen and oxygen atoms in total. The van der Waals surface area contributed by atoms with Crippen molar-refractivity contribution in [2.24, 2.45) is 0 Å². The lowest BCUT2D eigenvalue weighted by Crippen LogP contribution is -2.09. The molecule has 0 fully saturated rings. The number of aryl methyl sites for hydroxylation is 1. The maximum absolute atomic E-state index is 12.1. The minimum Gasteiger partial charge on any atom is -0.490 e. The van der Waals surface area contributed by atoms with Crippen molar-refractivity contribution in [3.8, 4) is 11.5 Å². The Balaban J connectivity index is 2.10. The zero-order valence-electron chi connectivity index (χ0n) is 15.5. The third kappa shape index (κ3) is 5.57. The number of benzene rings is 2. The summed E-state index contributed by atoms with van der Waals surface area (Å²) in [7, 11) is 0. The van der Waals surface area contributed by atoms with Crippen molar-refractivity contribution < 1.29 is 19.2 Å². The lowest BCUT2D eigenvalue weighted by molar-refractivity contribution is -0.384. The highest BCUT2D eigenvalue weighted by Crippen LogP contribution is 2.29. The summed E-state index contributed by atoms with van der Waals surface area (Å²) in [6, 6.07) is 9.72. The second-order valence-electron chi connectivity index (χ2n) is 5.65. The van der Waals surface area contributed by atoms with E-state index in [1.54, 1.807) is 25.1 Å². The number of hydrogen-bond donors (Lipinski definition) is 1. The summed E-state index contributed by atoms with van der Waals surface area (Å²) in [4.78, 5) is 22.5. The molecule has 2 aromatic carbocycles. The molecule has 0 bridgehead atoms. The molecule has 0 atom stereocenters. The van der Waals surface area contributed by atoms with E-state index in [2.05, 4.69) is 5.32 Å². The van der Waals surface area contributed by atoms with E-state index in [-0.39, 0.29) is 11.6 Å². The summed E-state index contributed by atoms with van der Waals surface area (Å²) in [5, 5.41) is 13.5. The first-order valence-electron chi connectivity index (χ1n) is 8.58. The van der Waals surface area contributed by atoms with Crippen LogP contribution in [0, 0.1) is 17.0 Å². The van der Waals surface area contributed by atoms with Crippen LogP contribution in [-0.4, -0.2) is 24.0 Å². The van der Waals surface area contributed by atoms with Gasteiger partial charge >= 0.3 is 0 Å². The van der Waals surface area contributed by atoms with Gasteiger partial charge in [0.2, 0.25) is 5.91 Å². The van der Waals surface area contributed by atoms with E-state index in [9.17, 15) is 14.9 Å². The van der Waals surface area contributed by atoms with E-state index < -0.39 is 4.92 Å². The molecule has 1 amide bonds. The maximum atomic E-state index is 12.1. The number of nitrogens with zero attached hydrogens (tertiary/aromatic N) is 1. The van der Waals surface area contributed by atoms with Crippen LogP contribution in [0.25, 0.3) is 6.08 Å². The molecule has 7 heteroatoms. The molecule has 0 aliphatic heterocycles. The molecule has 0 unspecified atom stereocenters. The molecule has 2 rings (SSSR count). The molecule has 0 saturated carbocycles. The largest absolute Gasteiger partial charge is 0.490 e. The Kier molecular flexibility index (Phi) is 6.93. The van der Waals surface area contributed by atoms with Crippen LogP contribution in [0.15, 0.2) is 42.5 Å². The Morgan fingerprint density at radius 1 is 1.11 bits per heavy atom. The molecular weight excluding hydrogens is 348 g/mol. The Labute approximate surface area is 157 Å². The van der Waals surface area contributed by atoms with Gasteiger partial charge in [-0.05, 0) is 56.2 Å². The zero-order chi connectivity index (χ0) is 19.8.